The Balaban J connectivity index is 1.26. The Labute approximate surface area is 229 Å². The van der Waals surface area contributed by atoms with Crippen LogP contribution in [0.2, 0.25) is 0 Å². The van der Waals surface area contributed by atoms with E-state index in [0.717, 1.165) is 24.6 Å². The van der Waals surface area contributed by atoms with Crippen molar-refractivity contribution in [3.8, 4) is 11.1 Å². The monoisotopic (exact) mass is 554 g/mol. The Morgan fingerprint density at radius 1 is 1.02 bits per heavy atom. The molecule has 10 nitrogen and oxygen atoms in total. The summed E-state index contributed by atoms with van der Waals surface area (Å²) in [5.41, 5.74) is 4.30. The lowest BCUT2D eigenvalue weighted by Crippen LogP contribution is -2.40. The van der Waals surface area contributed by atoms with Crippen LogP contribution in [0.15, 0.2) is 66.6 Å². The standard InChI is InChI=1S/C27H29F3N8O2/c1-31-26(40)23-17-38(36-37(23)2)14-6-5-7-19-10-11-24(35-34-19)33-25(39)16-20-15-18(12-13-32-20)21-8-3-4-9-22(21)27(28,29)30/h3-4,8-13,15,17,36H,5-7,14,16H2,1-2H3,(H,31,40)(H,33,35,39). The first-order valence-electron chi connectivity index (χ1n) is 12.6. The van der Waals surface area contributed by atoms with Crippen molar-refractivity contribution >= 4 is 17.6 Å². The summed E-state index contributed by atoms with van der Waals surface area (Å²) in [4.78, 5) is 28.5. The molecule has 210 valence electrons. The SMILES string of the molecule is CNC(=O)C1=CN(CCCCc2ccc(NC(=O)Cc3cc(-c4ccccc4C(F)(F)F)ccn3)nn2)NN1C. The molecular weight excluding hydrogens is 525 g/mol. The van der Waals surface area contributed by atoms with Crippen LogP contribution in [0, 0.1) is 0 Å². The number of aromatic nitrogens is 3. The van der Waals surface area contributed by atoms with Crippen molar-refractivity contribution in [1.29, 1.82) is 0 Å². The molecule has 0 atom stereocenters. The van der Waals surface area contributed by atoms with Crippen molar-refractivity contribution in [2.45, 2.75) is 31.9 Å². The third kappa shape index (κ3) is 7.32. The fourth-order valence-corrected chi connectivity index (χ4v) is 4.19. The topological polar surface area (TPSA) is 115 Å². The Bertz CT molecular complexity index is 1380. The van der Waals surface area contributed by atoms with E-state index in [0.29, 0.717) is 29.9 Å². The number of likely N-dealkylation sites (N-methyl/N-ethyl adjacent to an activating group) is 2. The maximum Gasteiger partial charge on any atom is 0.417 e. The lowest BCUT2D eigenvalue weighted by Gasteiger charge is -2.20. The Kier molecular flexibility index (Phi) is 8.94. The summed E-state index contributed by atoms with van der Waals surface area (Å²) < 4.78 is 40.2. The molecule has 1 aliphatic rings. The molecule has 0 aliphatic carbocycles. The minimum atomic E-state index is -4.50. The van der Waals surface area contributed by atoms with Crippen molar-refractivity contribution in [2.24, 2.45) is 0 Å². The highest BCUT2D eigenvalue weighted by Crippen LogP contribution is 2.36. The number of pyridine rings is 1. The van der Waals surface area contributed by atoms with Crippen LogP contribution in [0.25, 0.3) is 11.1 Å². The Morgan fingerprint density at radius 2 is 1.82 bits per heavy atom. The molecule has 3 heterocycles. The first-order chi connectivity index (χ1) is 19.1. The number of hydrogen-bond donors (Lipinski definition) is 3. The minimum Gasteiger partial charge on any atom is -0.354 e. The predicted octanol–water partition coefficient (Wildman–Crippen LogP) is 3.32. The normalized spacial score (nSPS) is 13.3. The molecule has 4 rings (SSSR count). The van der Waals surface area contributed by atoms with Gasteiger partial charge in [0, 0.05) is 33.0 Å². The number of hydrazine groups is 2. The van der Waals surface area contributed by atoms with E-state index in [1.807, 2.05) is 5.01 Å². The van der Waals surface area contributed by atoms with Gasteiger partial charge in [0.05, 0.1) is 23.4 Å². The van der Waals surface area contributed by atoms with E-state index in [4.69, 9.17) is 0 Å². The van der Waals surface area contributed by atoms with Gasteiger partial charge in [0.15, 0.2) is 5.82 Å². The largest absolute Gasteiger partial charge is 0.417 e. The minimum absolute atomic E-state index is 0.0228. The molecule has 0 fully saturated rings. The van der Waals surface area contributed by atoms with E-state index in [2.05, 4.69) is 31.3 Å². The first kappa shape index (κ1) is 28.5. The highest BCUT2D eigenvalue weighted by Gasteiger charge is 2.33. The summed E-state index contributed by atoms with van der Waals surface area (Å²) in [5, 5.41) is 17.0. The summed E-state index contributed by atoms with van der Waals surface area (Å²) in [6, 6.07) is 11.7. The predicted molar refractivity (Wildman–Crippen MR) is 142 cm³/mol. The third-order valence-electron chi connectivity index (χ3n) is 6.15. The van der Waals surface area contributed by atoms with E-state index in [9.17, 15) is 22.8 Å². The van der Waals surface area contributed by atoms with Crippen LogP contribution in [0.4, 0.5) is 19.0 Å². The molecule has 0 saturated carbocycles. The molecule has 13 heteroatoms. The molecule has 0 saturated heterocycles. The van der Waals surface area contributed by atoms with Crippen molar-refractivity contribution in [1.82, 2.24) is 36.1 Å². The lowest BCUT2D eigenvalue weighted by atomic mass is 9.99. The van der Waals surface area contributed by atoms with Gasteiger partial charge < -0.3 is 10.6 Å². The van der Waals surface area contributed by atoms with Crippen LogP contribution < -0.4 is 16.2 Å². The zero-order valence-corrected chi connectivity index (χ0v) is 22.0. The van der Waals surface area contributed by atoms with Crippen molar-refractivity contribution in [3.63, 3.8) is 0 Å². The number of anilines is 1. The number of hydrogen-bond acceptors (Lipinski definition) is 8. The summed E-state index contributed by atoms with van der Waals surface area (Å²) in [6.07, 6.45) is 0.870. The molecular formula is C27H29F3N8O2. The third-order valence-corrected chi connectivity index (χ3v) is 6.15. The van der Waals surface area contributed by atoms with Gasteiger partial charge in [0.2, 0.25) is 5.91 Å². The number of nitrogens with one attached hydrogen (secondary N) is 3. The number of halogens is 3. The Morgan fingerprint density at radius 3 is 2.55 bits per heavy atom. The molecule has 3 N–H and O–H groups in total. The lowest BCUT2D eigenvalue weighted by molar-refractivity contribution is -0.137. The number of aryl methyl sites for hydroxylation is 1. The van der Waals surface area contributed by atoms with Gasteiger partial charge in [-0.2, -0.15) is 18.3 Å². The van der Waals surface area contributed by atoms with Crippen LogP contribution in [0.3, 0.4) is 0 Å². The summed E-state index contributed by atoms with van der Waals surface area (Å²) in [5.74, 6) is -0.317. The molecule has 0 bridgehead atoms. The van der Waals surface area contributed by atoms with E-state index in [1.165, 1.54) is 36.5 Å². The molecule has 2 amide bonds. The second kappa shape index (κ2) is 12.6. The summed E-state index contributed by atoms with van der Waals surface area (Å²) in [7, 11) is 3.35. The van der Waals surface area contributed by atoms with E-state index >= 15 is 0 Å². The summed E-state index contributed by atoms with van der Waals surface area (Å²) in [6.45, 7) is 0.698. The zero-order chi connectivity index (χ0) is 28.7. The first-order valence-corrected chi connectivity index (χ1v) is 12.6. The number of amides is 2. The molecule has 1 aromatic carbocycles. The van der Waals surface area contributed by atoms with Crippen LogP contribution in [-0.2, 0) is 28.6 Å². The highest BCUT2D eigenvalue weighted by atomic mass is 19.4. The van der Waals surface area contributed by atoms with Gasteiger partial charge in [-0.25, -0.2) is 0 Å². The number of benzene rings is 1. The van der Waals surface area contributed by atoms with E-state index < -0.39 is 17.6 Å². The van der Waals surface area contributed by atoms with Gasteiger partial charge in [-0.1, -0.05) is 18.2 Å². The highest BCUT2D eigenvalue weighted by molar-refractivity contribution is 5.92. The van der Waals surface area contributed by atoms with Gasteiger partial charge in [-0.15, -0.1) is 10.6 Å². The molecule has 0 spiro atoms. The Hall–Kier alpha value is -4.52. The van der Waals surface area contributed by atoms with Crippen molar-refractivity contribution in [3.05, 3.63) is 83.6 Å². The van der Waals surface area contributed by atoms with Crippen molar-refractivity contribution < 1.29 is 22.8 Å². The zero-order valence-electron chi connectivity index (χ0n) is 22.0. The number of unbranched alkanes of at least 4 members (excludes halogenated alkanes) is 1. The summed E-state index contributed by atoms with van der Waals surface area (Å²) >= 11 is 0. The van der Waals surface area contributed by atoms with Gasteiger partial charge in [0.25, 0.3) is 5.91 Å². The quantitative estimate of drug-likeness (QED) is 0.327. The van der Waals surface area contributed by atoms with Crippen LogP contribution in [0.5, 0.6) is 0 Å². The van der Waals surface area contributed by atoms with Gasteiger partial charge in [0.1, 0.15) is 5.70 Å². The maximum absolute atomic E-state index is 13.4. The number of alkyl halides is 3. The maximum atomic E-state index is 13.4. The molecule has 40 heavy (non-hydrogen) atoms. The van der Waals surface area contributed by atoms with Crippen LogP contribution in [-0.4, -0.2) is 57.7 Å². The molecule has 1 aliphatic heterocycles. The average Bonchev–Trinajstić information content (AvgIpc) is 3.31. The molecule has 0 unspecified atom stereocenters. The molecule has 2 aromatic heterocycles. The number of rotatable bonds is 10. The van der Waals surface area contributed by atoms with Crippen LogP contribution >= 0.6 is 0 Å². The van der Waals surface area contributed by atoms with Crippen LogP contribution in [0.1, 0.15) is 29.8 Å². The van der Waals surface area contributed by atoms with Gasteiger partial charge in [-0.05, 0) is 60.7 Å². The second-order valence-electron chi connectivity index (χ2n) is 9.12. The van der Waals surface area contributed by atoms with E-state index in [-0.39, 0.29) is 23.7 Å². The fourth-order valence-electron chi connectivity index (χ4n) is 4.19. The molecule has 3 aromatic rings. The number of carbonyl (C=O) groups is 2. The van der Waals surface area contributed by atoms with E-state index in [1.54, 1.807) is 37.4 Å². The van der Waals surface area contributed by atoms with Crippen molar-refractivity contribution in [2.75, 3.05) is 26.0 Å². The smallest absolute Gasteiger partial charge is 0.354 e. The van der Waals surface area contributed by atoms with Gasteiger partial charge in [-0.3, -0.25) is 24.6 Å². The number of nitrogens with zero attached hydrogens (tertiary/aromatic N) is 5. The van der Waals surface area contributed by atoms with Gasteiger partial charge >= 0.3 is 6.18 Å². The average molecular weight is 555 g/mol. The number of carbonyl (C=O) groups excluding carboxylic acids is 2. The molecule has 0 radical (unpaired) electrons. The second-order valence-corrected chi connectivity index (χ2v) is 9.12. The fraction of sp³-hybridized carbons (Fsp3) is 0.296.